The predicted molar refractivity (Wildman–Crippen MR) is 135 cm³/mol. The average molecular weight is 485 g/mol. The summed E-state index contributed by atoms with van der Waals surface area (Å²) >= 11 is 0. The fourth-order valence-corrected chi connectivity index (χ4v) is 5.57. The monoisotopic (exact) mass is 484 g/mol. The summed E-state index contributed by atoms with van der Waals surface area (Å²) in [5.74, 6) is -1.20. The van der Waals surface area contributed by atoms with Crippen molar-refractivity contribution in [2.75, 3.05) is 6.16 Å². The van der Waals surface area contributed by atoms with E-state index in [-0.39, 0.29) is 35.5 Å². The Labute approximate surface area is 225 Å². The Morgan fingerprint density at radius 2 is 1.70 bits per heavy atom. The van der Waals surface area contributed by atoms with E-state index in [0.29, 0.717) is 6.42 Å². The van der Waals surface area contributed by atoms with E-state index in [2.05, 4.69) is 50.1 Å². The summed E-state index contributed by atoms with van der Waals surface area (Å²) in [4.78, 5) is 27.1. The maximum Gasteiger partial charge on any atom is 1.00 e. The third-order valence-electron chi connectivity index (χ3n) is 6.73. The van der Waals surface area contributed by atoms with Crippen LogP contribution in [0.15, 0.2) is 17.1 Å². The SMILES string of the molecule is CCCC(C)C1(CC)C(=O)N=C([O-])NC1=O.CCCCCCPc1ccc(C)c(C)c1C.[Na+]. The molecule has 7 heteroatoms. The van der Waals surface area contributed by atoms with E-state index >= 15 is 0 Å². The van der Waals surface area contributed by atoms with Crippen LogP contribution in [-0.4, -0.2) is 24.0 Å². The molecule has 5 nitrogen and oxygen atoms in total. The summed E-state index contributed by atoms with van der Waals surface area (Å²) in [5, 5.41) is 14.7. The van der Waals surface area contributed by atoms with Crippen molar-refractivity contribution in [1.82, 2.24) is 5.32 Å². The number of rotatable bonds is 10. The van der Waals surface area contributed by atoms with E-state index in [1.165, 1.54) is 48.5 Å². The number of amides is 2. The standard InChI is InChI=1S/C15H25P.C11H18N2O3.Na/c1-5-6-7-8-11-16-15-10-9-12(2)13(3)14(15)4;1-4-6-7(3)11(5-2)8(14)12-10(16)13-9(11)15;/h9-10,16H,5-8,11H2,1-4H3;7H,4-6H2,1-3H3,(H2,12,13,14,15,16);/q;;+1/p-1. The minimum atomic E-state index is -1.15. The maximum atomic E-state index is 11.9. The van der Waals surface area contributed by atoms with Gasteiger partial charge in [0.25, 0.3) is 5.91 Å². The molecule has 1 aliphatic rings. The van der Waals surface area contributed by atoms with Crippen molar-refractivity contribution < 1.29 is 44.3 Å². The number of carbonyl (C=O) groups excluding carboxylic acids is 2. The fourth-order valence-electron chi connectivity index (χ4n) is 4.22. The molecule has 0 spiro atoms. The number of amidine groups is 1. The number of benzene rings is 1. The molecule has 0 radical (unpaired) electrons. The quantitative estimate of drug-likeness (QED) is 0.238. The molecule has 1 aromatic rings. The molecule has 1 heterocycles. The van der Waals surface area contributed by atoms with Gasteiger partial charge in [-0.15, -0.1) is 0 Å². The van der Waals surface area contributed by atoms with Crippen LogP contribution >= 0.6 is 8.58 Å². The smallest absolute Gasteiger partial charge is 0.846 e. The normalized spacial score (nSPS) is 18.8. The van der Waals surface area contributed by atoms with Crippen LogP contribution in [-0.2, 0) is 9.59 Å². The zero-order valence-corrected chi connectivity index (χ0v) is 25.1. The summed E-state index contributed by atoms with van der Waals surface area (Å²) in [6.45, 7) is 14.6. The van der Waals surface area contributed by atoms with Gasteiger partial charge in [0.2, 0.25) is 5.91 Å². The second kappa shape index (κ2) is 16.0. The van der Waals surface area contributed by atoms with Crippen molar-refractivity contribution in [1.29, 1.82) is 0 Å². The summed E-state index contributed by atoms with van der Waals surface area (Å²) in [6.07, 6.45) is 8.95. The van der Waals surface area contributed by atoms with Crippen molar-refractivity contribution in [3.63, 3.8) is 0 Å². The van der Waals surface area contributed by atoms with Gasteiger partial charge in [0.15, 0.2) is 0 Å². The van der Waals surface area contributed by atoms with Gasteiger partial charge in [-0.25, -0.2) is 4.99 Å². The molecule has 3 atom stereocenters. The van der Waals surface area contributed by atoms with Gasteiger partial charge < -0.3 is 10.4 Å². The van der Waals surface area contributed by atoms with Gasteiger partial charge in [0, 0.05) is 0 Å². The Balaban J connectivity index is 0.000000602. The number of nitrogens with zero attached hydrogens (tertiary/aromatic N) is 1. The minimum Gasteiger partial charge on any atom is -0.846 e. The summed E-state index contributed by atoms with van der Waals surface area (Å²) in [5.41, 5.74) is 3.29. The first-order valence-electron chi connectivity index (χ1n) is 12.1. The molecule has 0 saturated heterocycles. The molecule has 0 aliphatic carbocycles. The summed E-state index contributed by atoms with van der Waals surface area (Å²) in [6, 6.07) is 3.76. The number of aliphatic imine (C=N–C) groups is 1. The maximum absolute atomic E-state index is 11.9. The predicted octanol–water partition coefficient (Wildman–Crippen LogP) is 1.69. The van der Waals surface area contributed by atoms with Crippen molar-refractivity contribution in [2.45, 2.75) is 93.4 Å². The molecule has 0 aromatic heterocycles. The number of hydrogen-bond donors (Lipinski definition) is 1. The Morgan fingerprint density at radius 1 is 1.03 bits per heavy atom. The van der Waals surface area contributed by atoms with E-state index in [9.17, 15) is 14.7 Å². The molecular formula is C26H42N2NaO3P. The Hall–Kier alpha value is -0.740. The number of nitrogens with one attached hydrogen (secondary N) is 1. The van der Waals surface area contributed by atoms with Crippen molar-refractivity contribution in [3.05, 3.63) is 28.8 Å². The van der Waals surface area contributed by atoms with Crippen LogP contribution in [0.5, 0.6) is 0 Å². The summed E-state index contributed by atoms with van der Waals surface area (Å²) < 4.78 is 0. The van der Waals surface area contributed by atoms with Gasteiger partial charge in [-0.05, 0) is 74.1 Å². The van der Waals surface area contributed by atoms with E-state index in [4.69, 9.17) is 0 Å². The number of carbonyl (C=O) groups is 2. The minimum absolute atomic E-state index is 0. The second-order valence-electron chi connectivity index (χ2n) is 8.86. The van der Waals surface area contributed by atoms with Gasteiger partial charge in [0.05, 0.1) is 6.02 Å². The topological polar surface area (TPSA) is 81.6 Å². The largest absolute Gasteiger partial charge is 1.00 e. The molecule has 0 saturated carbocycles. The van der Waals surface area contributed by atoms with Crippen LogP contribution in [0.1, 0.15) is 89.3 Å². The molecule has 0 bridgehead atoms. The first-order chi connectivity index (χ1) is 15.1. The van der Waals surface area contributed by atoms with Crippen LogP contribution in [0.3, 0.4) is 0 Å². The molecule has 3 unspecified atom stereocenters. The summed E-state index contributed by atoms with van der Waals surface area (Å²) in [7, 11) is 1.01. The second-order valence-corrected chi connectivity index (χ2v) is 10.3. The zero-order valence-electron chi connectivity index (χ0n) is 22.1. The molecule has 1 N–H and O–H groups in total. The number of aryl methyl sites for hydroxylation is 1. The molecule has 2 rings (SSSR count). The van der Waals surface area contributed by atoms with Gasteiger partial charge in [0.1, 0.15) is 5.41 Å². The van der Waals surface area contributed by atoms with Crippen molar-refractivity contribution in [2.24, 2.45) is 16.3 Å². The van der Waals surface area contributed by atoms with Crippen LogP contribution in [0.2, 0.25) is 0 Å². The molecule has 33 heavy (non-hydrogen) atoms. The fraction of sp³-hybridized carbons (Fsp3) is 0.654. The Morgan fingerprint density at radius 3 is 2.24 bits per heavy atom. The first kappa shape index (κ1) is 32.3. The molecule has 0 fully saturated rings. The van der Waals surface area contributed by atoms with Gasteiger partial charge >= 0.3 is 29.6 Å². The molecule has 1 aliphatic heterocycles. The molecule has 1 aromatic carbocycles. The van der Waals surface area contributed by atoms with Gasteiger partial charge in [-0.3, -0.25) is 9.59 Å². The van der Waals surface area contributed by atoms with Crippen LogP contribution in [0.25, 0.3) is 0 Å². The van der Waals surface area contributed by atoms with Gasteiger partial charge in [-0.1, -0.05) is 74.1 Å². The van der Waals surface area contributed by atoms with E-state index in [0.717, 1.165) is 21.4 Å². The Bertz CT molecular complexity index is 813. The van der Waals surface area contributed by atoms with Gasteiger partial charge in [-0.2, -0.15) is 0 Å². The Kier molecular flexibility index (Phi) is 15.7. The number of hydrogen-bond acceptors (Lipinski definition) is 3. The van der Waals surface area contributed by atoms with Crippen molar-refractivity contribution >= 4 is 31.7 Å². The van der Waals surface area contributed by atoms with Crippen LogP contribution < -0.4 is 45.3 Å². The third-order valence-corrected chi connectivity index (χ3v) is 8.26. The van der Waals surface area contributed by atoms with E-state index < -0.39 is 23.3 Å². The third kappa shape index (κ3) is 8.76. The van der Waals surface area contributed by atoms with Crippen molar-refractivity contribution in [3.8, 4) is 0 Å². The van der Waals surface area contributed by atoms with Crippen LogP contribution in [0, 0.1) is 32.1 Å². The zero-order chi connectivity index (χ0) is 24.3. The van der Waals surface area contributed by atoms with Crippen LogP contribution in [0.4, 0.5) is 0 Å². The van der Waals surface area contributed by atoms with E-state index in [1.807, 2.05) is 13.8 Å². The molecular weight excluding hydrogens is 442 g/mol. The molecule has 2 amide bonds. The van der Waals surface area contributed by atoms with E-state index in [1.54, 1.807) is 12.2 Å². The first-order valence-corrected chi connectivity index (χ1v) is 13.3. The number of unbranched alkanes of at least 4 members (excludes halogenated alkanes) is 3. The molecule has 180 valence electrons. The average Bonchev–Trinajstić information content (AvgIpc) is 2.74.